The molecule has 0 aliphatic carbocycles. The predicted octanol–water partition coefficient (Wildman–Crippen LogP) is 2.51. The molecule has 2 atom stereocenters. The molecule has 0 aromatic heterocycles. The zero-order chi connectivity index (χ0) is 21.1. The first-order valence-corrected chi connectivity index (χ1v) is 9.20. The number of hydrogen-bond donors (Lipinski definition) is 3. The monoisotopic (exact) mass is 399 g/mol. The molecule has 0 bridgehead atoms. The van der Waals surface area contributed by atoms with Crippen LogP contribution in [0.2, 0.25) is 0 Å². The smallest absolute Gasteiger partial charge is 0.408 e. The normalized spacial score (nSPS) is 12.2. The number of ether oxygens (including phenoxy) is 2. The molecule has 3 N–H and O–H groups in total. The Morgan fingerprint density at radius 2 is 1.52 bits per heavy atom. The fraction of sp³-hybridized carbons (Fsp3) is 0.286. The van der Waals surface area contributed by atoms with Crippen LogP contribution in [0, 0.1) is 0 Å². The first-order chi connectivity index (χ1) is 14.0. The van der Waals surface area contributed by atoms with Crippen molar-refractivity contribution in [1.29, 1.82) is 0 Å². The van der Waals surface area contributed by atoms with Gasteiger partial charge in [0.25, 0.3) is 0 Å². The Hall–Kier alpha value is -3.55. The lowest BCUT2D eigenvalue weighted by atomic mass is 10.1. The van der Waals surface area contributed by atoms with E-state index in [1.165, 1.54) is 7.11 Å². The van der Waals surface area contributed by atoms with Gasteiger partial charge in [-0.25, -0.2) is 14.4 Å². The molecule has 2 rings (SSSR count). The summed E-state index contributed by atoms with van der Waals surface area (Å²) < 4.78 is 9.70. The van der Waals surface area contributed by atoms with E-state index in [1.807, 2.05) is 30.3 Å². The van der Waals surface area contributed by atoms with Crippen molar-refractivity contribution in [3.05, 3.63) is 71.8 Å². The van der Waals surface area contributed by atoms with Gasteiger partial charge in [0.15, 0.2) is 6.04 Å². The van der Waals surface area contributed by atoms with Gasteiger partial charge >= 0.3 is 18.1 Å². The van der Waals surface area contributed by atoms with Crippen molar-refractivity contribution in [1.82, 2.24) is 16.0 Å². The van der Waals surface area contributed by atoms with Gasteiger partial charge in [-0.1, -0.05) is 60.7 Å². The summed E-state index contributed by atoms with van der Waals surface area (Å²) >= 11 is 0. The second-order valence-corrected chi connectivity index (χ2v) is 6.09. The number of hydrogen-bond acceptors (Lipinski definition) is 5. The molecule has 0 saturated carbocycles. The molecule has 0 aliphatic rings. The molecule has 0 unspecified atom stereocenters. The van der Waals surface area contributed by atoms with Crippen LogP contribution >= 0.6 is 0 Å². The number of rotatable bonds is 8. The van der Waals surface area contributed by atoms with Gasteiger partial charge in [-0.2, -0.15) is 0 Å². The van der Waals surface area contributed by atoms with Crippen LogP contribution in [0.15, 0.2) is 60.7 Å². The average Bonchev–Trinajstić information content (AvgIpc) is 2.73. The fourth-order valence-corrected chi connectivity index (χ4v) is 2.68. The number of amides is 3. The predicted molar refractivity (Wildman–Crippen MR) is 107 cm³/mol. The van der Waals surface area contributed by atoms with Crippen LogP contribution in [0.1, 0.15) is 24.1 Å². The molecule has 0 spiro atoms. The van der Waals surface area contributed by atoms with E-state index in [2.05, 4.69) is 16.0 Å². The maximum absolute atomic E-state index is 12.6. The summed E-state index contributed by atoms with van der Waals surface area (Å²) in [7, 11) is 1.25. The number of urea groups is 1. The van der Waals surface area contributed by atoms with Gasteiger partial charge in [-0.05, 0) is 18.1 Å². The highest BCUT2D eigenvalue weighted by Crippen LogP contribution is 2.14. The minimum absolute atomic E-state index is 0.203. The van der Waals surface area contributed by atoms with Crippen molar-refractivity contribution in [3.8, 4) is 0 Å². The third-order valence-corrected chi connectivity index (χ3v) is 4.00. The first-order valence-electron chi connectivity index (χ1n) is 9.20. The molecular weight excluding hydrogens is 374 g/mol. The topological polar surface area (TPSA) is 106 Å². The van der Waals surface area contributed by atoms with Gasteiger partial charge in [-0.15, -0.1) is 0 Å². The van der Waals surface area contributed by atoms with Gasteiger partial charge in [-0.3, -0.25) is 0 Å². The largest absolute Gasteiger partial charge is 0.467 e. The van der Waals surface area contributed by atoms with Crippen molar-refractivity contribution in [2.75, 3.05) is 13.7 Å². The zero-order valence-corrected chi connectivity index (χ0v) is 16.4. The van der Waals surface area contributed by atoms with Crippen molar-refractivity contribution in [2.24, 2.45) is 0 Å². The number of carbonyl (C=O) groups is 3. The average molecular weight is 399 g/mol. The molecule has 29 heavy (non-hydrogen) atoms. The molecule has 0 aliphatic heterocycles. The molecule has 3 amide bonds. The second kappa shape index (κ2) is 11.3. The van der Waals surface area contributed by atoms with E-state index in [0.29, 0.717) is 12.0 Å². The summed E-state index contributed by atoms with van der Waals surface area (Å²) in [5, 5.41) is 7.86. The number of esters is 1. The maximum atomic E-state index is 12.6. The van der Waals surface area contributed by atoms with E-state index in [4.69, 9.17) is 9.47 Å². The maximum Gasteiger partial charge on any atom is 0.408 e. The molecule has 154 valence electrons. The van der Waals surface area contributed by atoms with Crippen molar-refractivity contribution < 1.29 is 23.9 Å². The Morgan fingerprint density at radius 3 is 2.10 bits per heavy atom. The van der Waals surface area contributed by atoms with E-state index < -0.39 is 30.3 Å². The highest BCUT2D eigenvalue weighted by Gasteiger charge is 2.25. The number of nitrogens with one attached hydrogen (secondary N) is 3. The number of methoxy groups -OCH3 is 1. The van der Waals surface area contributed by atoms with Gasteiger partial charge in [0.05, 0.1) is 13.7 Å². The van der Waals surface area contributed by atoms with E-state index in [-0.39, 0.29) is 6.61 Å². The third kappa shape index (κ3) is 7.17. The quantitative estimate of drug-likeness (QED) is 0.467. The lowest BCUT2D eigenvalue weighted by Crippen LogP contribution is -2.53. The van der Waals surface area contributed by atoms with Gasteiger partial charge in [0.1, 0.15) is 6.17 Å². The van der Waals surface area contributed by atoms with Crippen LogP contribution in [0.3, 0.4) is 0 Å². The van der Waals surface area contributed by atoms with Crippen LogP contribution in [0.5, 0.6) is 0 Å². The highest BCUT2D eigenvalue weighted by molar-refractivity contribution is 5.85. The van der Waals surface area contributed by atoms with Crippen LogP contribution in [-0.2, 0) is 20.7 Å². The third-order valence-electron chi connectivity index (χ3n) is 4.00. The SMILES string of the molecule is CCOC(=O)N[C@@H](Cc1ccccc1)NC(=O)N[C@H](C(=O)OC)c1ccccc1. The number of alkyl carbamates (subject to hydrolysis) is 1. The second-order valence-electron chi connectivity index (χ2n) is 6.09. The first kappa shape index (κ1) is 21.7. The molecule has 0 heterocycles. The fourth-order valence-electron chi connectivity index (χ4n) is 2.68. The summed E-state index contributed by atoms with van der Waals surface area (Å²) in [5.41, 5.74) is 1.48. The number of benzene rings is 2. The Kier molecular flexibility index (Phi) is 8.50. The van der Waals surface area contributed by atoms with Crippen molar-refractivity contribution >= 4 is 18.1 Å². The standard InChI is InChI=1S/C21H25N3O5/c1-3-29-21(27)23-17(14-15-10-6-4-7-11-15)22-20(26)24-18(19(25)28-2)16-12-8-5-9-13-16/h4-13,17-18H,3,14H2,1-2H3,(H,23,27)(H2,22,24,26)/t17-,18-/m0/s1. The van der Waals surface area contributed by atoms with E-state index >= 15 is 0 Å². The highest BCUT2D eigenvalue weighted by atomic mass is 16.5. The van der Waals surface area contributed by atoms with Crippen molar-refractivity contribution in [2.45, 2.75) is 25.6 Å². The Balaban J connectivity index is 2.09. The van der Waals surface area contributed by atoms with Crippen LogP contribution in [-0.4, -0.2) is 38.0 Å². The molecule has 8 heteroatoms. The molecule has 0 saturated heterocycles. The van der Waals surface area contributed by atoms with Crippen LogP contribution < -0.4 is 16.0 Å². The lowest BCUT2D eigenvalue weighted by Gasteiger charge is -2.23. The summed E-state index contributed by atoms with van der Waals surface area (Å²) in [6.45, 7) is 1.89. The van der Waals surface area contributed by atoms with Gasteiger partial charge in [0, 0.05) is 6.42 Å². The Morgan fingerprint density at radius 1 is 0.897 bits per heavy atom. The summed E-state index contributed by atoms with van der Waals surface area (Å²) in [6, 6.07) is 16.5. The Labute approximate surface area is 169 Å². The summed E-state index contributed by atoms with van der Waals surface area (Å²) in [4.78, 5) is 36.5. The lowest BCUT2D eigenvalue weighted by molar-refractivity contribution is -0.143. The Bertz CT molecular complexity index is 798. The van der Waals surface area contributed by atoms with Crippen LogP contribution in [0.4, 0.5) is 9.59 Å². The molecule has 0 radical (unpaired) electrons. The minimum atomic E-state index is -0.985. The molecule has 0 fully saturated rings. The van der Waals surface area contributed by atoms with Gasteiger partial charge in [0.2, 0.25) is 0 Å². The molecular formula is C21H25N3O5. The van der Waals surface area contributed by atoms with E-state index in [9.17, 15) is 14.4 Å². The van der Waals surface area contributed by atoms with E-state index in [0.717, 1.165) is 5.56 Å². The molecule has 2 aromatic rings. The molecule has 8 nitrogen and oxygen atoms in total. The van der Waals surface area contributed by atoms with Gasteiger partial charge < -0.3 is 25.4 Å². The number of carbonyl (C=O) groups excluding carboxylic acids is 3. The van der Waals surface area contributed by atoms with Crippen molar-refractivity contribution in [3.63, 3.8) is 0 Å². The van der Waals surface area contributed by atoms with E-state index in [1.54, 1.807) is 37.3 Å². The summed E-state index contributed by atoms with van der Waals surface area (Å²) in [6.07, 6.45) is -1.06. The van der Waals surface area contributed by atoms with Crippen LogP contribution in [0.25, 0.3) is 0 Å². The zero-order valence-electron chi connectivity index (χ0n) is 16.4. The minimum Gasteiger partial charge on any atom is -0.467 e. The summed E-state index contributed by atoms with van der Waals surface area (Å²) in [5.74, 6) is -0.607. The molecule has 2 aromatic carbocycles.